The Bertz CT molecular complexity index is 2330. The van der Waals surface area contributed by atoms with E-state index in [0.717, 1.165) is 40.0 Å². The van der Waals surface area contributed by atoms with Gasteiger partial charge in [0.15, 0.2) is 0 Å². The minimum Gasteiger partial charge on any atom is -0.489 e. The average molecular weight is 701 g/mol. The predicted molar refractivity (Wildman–Crippen MR) is 199 cm³/mol. The molecule has 0 spiro atoms. The lowest BCUT2D eigenvalue weighted by molar-refractivity contribution is -0.165. The Morgan fingerprint density at radius 3 is 1.34 bits per heavy atom. The maximum atomic E-state index is 13.3. The van der Waals surface area contributed by atoms with Gasteiger partial charge in [-0.1, -0.05) is 83.9 Å². The van der Waals surface area contributed by atoms with E-state index in [0.29, 0.717) is 41.1 Å². The van der Waals surface area contributed by atoms with E-state index in [1.165, 1.54) is 11.1 Å². The first-order chi connectivity index (χ1) is 25.8. The molecule has 9 rings (SSSR count). The fourth-order valence-electron chi connectivity index (χ4n) is 7.69. The third kappa shape index (κ3) is 6.40. The summed E-state index contributed by atoms with van der Waals surface area (Å²) in [6.45, 7) is 4.63. The normalized spacial score (nSPS) is 19.3. The van der Waals surface area contributed by atoms with Crippen LogP contribution < -0.4 is 23.7 Å². The molecule has 7 heteroatoms. The van der Waals surface area contributed by atoms with Gasteiger partial charge in [-0.3, -0.25) is 9.59 Å². The van der Waals surface area contributed by atoms with Crippen LogP contribution in [0.1, 0.15) is 50.8 Å². The van der Waals surface area contributed by atoms with E-state index in [-0.39, 0.29) is 11.8 Å². The van der Waals surface area contributed by atoms with Gasteiger partial charge in [0.1, 0.15) is 46.9 Å². The molecule has 1 saturated carbocycles. The fourth-order valence-corrected chi connectivity index (χ4v) is 7.69. The van der Waals surface area contributed by atoms with Crippen LogP contribution in [0.2, 0.25) is 0 Å². The number of hydrogen-bond acceptors (Lipinski definition) is 7. The molecule has 4 unspecified atom stereocenters. The third-order valence-electron chi connectivity index (χ3n) is 10.5. The molecule has 6 aromatic rings. The van der Waals surface area contributed by atoms with Crippen LogP contribution in [-0.4, -0.2) is 11.9 Å². The van der Waals surface area contributed by atoms with Crippen LogP contribution in [0.15, 0.2) is 133 Å². The molecule has 2 heterocycles. The number of carbonyl (C=O) groups excluding carboxylic acids is 2. The van der Waals surface area contributed by atoms with Gasteiger partial charge in [-0.15, -0.1) is 0 Å². The van der Waals surface area contributed by atoms with E-state index >= 15 is 0 Å². The second-order valence-corrected chi connectivity index (χ2v) is 14.1. The summed E-state index contributed by atoms with van der Waals surface area (Å²) >= 11 is 0. The highest BCUT2D eigenvalue weighted by Crippen LogP contribution is 2.65. The molecule has 262 valence electrons. The topological polar surface area (TPSA) is 80.3 Å². The number of benzene rings is 6. The Balaban J connectivity index is 0.863. The van der Waals surface area contributed by atoms with E-state index in [1.807, 2.05) is 91.9 Å². The smallest absolute Gasteiger partial charge is 0.315 e. The van der Waals surface area contributed by atoms with Crippen molar-refractivity contribution in [3.8, 4) is 40.2 Å². The first kappa shape index (κ1) is 32.6. The Kier molecular flexibility index (Phi) is 8.19. The molecule has 7 nitrogen and oxygen atoms in total. The largest absolute Gasteiger partial charge is 0.489 e. The van der Waals surface area contributed by atoms with Crippen molar-refractivity contribution in [2.75, 3.05) is 0 Å². The van der Waals surface area contributed by atoms with Crippen LogP contribution in [-0.2, 0) is 22.6 Å². The van der Waals surface area contributed by atoms with E-state index in [1.54, 1.807) is 12.1 Å². The molecule has 2 aliphatic heterocycles. The van der Waals surface area contributed by atoms with Crippen LogP contribution in [0.5, 0.6) is 40.2 Å². The van der Waals surface area contributed by atoms with Crippen LogP contribution in [0.4, 0.5) is 0 Å². The third-order valence-corrected chi connectivity index (χ3v) is 10.5. The number of esters is 2. The van der Waals surface area contributed by atoms with Crippen LogP contribution >= 0.6 is 0 Å². The zero-order valence-corrected chi connectivity index (χ0v) is 29.3. The van der Waals surface area contributed by atoms with Gasteiger partial charge in [-0.05, 0) is 96.6 Å². The van der Waals surface area contributed by atoms with Crippen LogP contribution in [0.25, 0.3) is 0 Å². The lowest BCUT2D eigenvalue weighted by Crippen LogP contribution is -2.57. The zero-order valence-electron chi connectivity index (χ0n) is 29.3. The van der Waals surface area contributed by atoms with Gasteiger partial charge in [-0.25, -0.2) is 0 Å². The molecule has 0 aromatic heterocycles. The Hall–Kier alpha value is -6.34. The van der Waals surface area contributed by atoms with E-state index in [9.17, 15) is 9.59 Å². The maximum Gasteiger partial charge on any atom is 0.315 e. The highest BCUT2D eigenvalue weighted by molar-refractivity contribution is 5.92. The summed E-state index contributed by atoms with van der Waals surface area (Å²) in [6.07, 6.45) is 0.774. The van der Waals surface area contributed by atoms with E-state index in [4.69, 9.17) is 23.7 Å². The summed E-state index contributed by atoms with van der Waals surface area (Å²) in [5.41, 5.74) is 7.60. The van der Waals surface area contributed by atoms with Crippen molar-refractivity contribution in [3.63, 3.8) is 0 Å². The molecule has 0 radical (unpaired) electrons. The quantitative estimate of drug-likeness (QED) is 0.110. The van der Waals surface area contributed by atoms with E-state index in [2.05, 4.69) is 43.3 Å². The lowest BCUT2D eigenvalue weighted by Gasteiger charge is -2.53. The Morgan fingerprint density at radius 2 is 0.849 bits per heavy atom. The number of fused-ring (bicyclic) bond motifs is 8. The molecule has 53 heavy (non-hydrogen) atoms. The number of rotatable bonds is 9. The molecule has 1 fully saturated rings. The van der Waals surface area contributed by atoms with Gasteiger partial charge in [-0.2, -0.15) is 0 Å². The Morgan fingerprint density at radius 1 is 0.453 bits per heavy atom. The van der Waals surface area contributed by atoms with Crippen molar-refractivity contribution in [1.29, 1.82) is 0 Å². The number of hydrogen-bond donors (Lipinski definition) is 0. The van der Waals surface area contributed by atoms with Gasteiger partial charge in [0.25, 0.3) is 0 Å². The standard InChI is InChI=1S/C46H36O7/c1-27-3-7-31(8-4-27)26-49-32-15-9-29(10-16-32)23-30-11-17-34(18-12-30)51-36-20-22-38-40(25-36)53-46(48)44-42(38)41-37-21-19-35(24-39(37)52-45(47)43(41)44)50-33-13-5-28(2)6-14-33/h3-22,24-25,41-44H,23,26H2,1-2H3. The summed E-state index contributed by atoms with van der Waals surface area (Å²) in [4.78, 5) is 26.5. The molecule has 3 aliphatic rings. The minimum absolute atomic E-state index is 0.210. The number of ether oxygens (including phenoxy) is 5. The molecular formula is C46H36O7. The van der Waals surface area contributed by atoms with Crippen molar-refractivity contribution >= 4 is 11.9 Å². The highest BCUT2D eigenvalue weighted by Gasteiger charge is 2.64. The minimum atomic E-state index is -0.599. The second kappa shape index (κ2) is 13.3. The molecule has 0 saturated heterocycles. The van der Waals surface area contributed by atoms with Gasteiger partial charge < -0.3 is 23.7 Å². The van der Waals surface area contributed by atoms with Gasteiger partial charge >= 0.3 is 11.9 Å². The highest BCUT2D eigenvalue weighted by atomic mass is 16.6. The second-order valence-electron chi connectivity index (χ2n) is 14.1. The van der Waals surface area contributed by atoms with Crippen molar-refractivity contribution in [3.05, 3.63) is 172 Å². The van der Waals surface area contributed by atoms with Crippen molar-refractivity contribution in [1.82, 2.24) is 0 Å². The summed E-state index contributed by atoms with van der Waals surface area (Å²) in [7, 11) is 0. The number of aryl methyl sites for hydroxylation is 2. The summed E-state index contributed by atoms with van der Waals surface area (Å²) in [6, 6.07) is 43.4. The molecule has 6 aromatic carbocycles. The molecular weight excluding hydrogens is 664 g/mol. The zero-order chi connectivity index (χ0) is 36.1. The van der Waals surface area contributed by atoms with Gasteiger partial charge in [0.2, 0.25) is 0 Å². The van der Waals surface area contributed by atoms with Crippen molar-refractivity contribution in [2.24, 2.45) is 11.8 Å². The first-order valence-corrected chi connectivity index (χ1v) is 17.8. The van der Waals surface area contributed by atoms with E-state index < -0.39 is 23.8 Å². The molecule has 0 amide bonds. The molecule has 0 N–H and O–H groups in total. The predicted octanol–water partition coefficient (Wildman–Crippen LogP) is 10.0. The summed E-state index contributed by atoms with van der Waals surface area (Å²) < 4.78 is 29.8. The van der Waals surface area contributed by atoms with Crippen molar-refractivity contribution < 1.29 is 33.3 Å². The first-order valence-electron chi connectivity index (χ1n) is 17.8. The molecule has 0 bridgehead atoms. The van der Waals surface area contributed by atoms with Gasteiger partial charge in [0.05, 0.1) is 11.8 Å². The molecule has 1 aliphatic carbocycles. The van der Waals surface area contributed by atoms with Crippen molar-refractivity contribution in [2.45, 2.75) is 38.7 Å². The summed E-state index contributed by atoms with van der Waals surface area (Å²) in [5, 5.41) is 0. The maximum absolute atomic E-state index is 13.3. The van der Waals surface area contributed by atoms with Crippen LogP contribution in [0, 0.1) is 25.7 Å². The molecule has 4 atom stereocenters. The monoisotopic (exact) mass is 700 g/mol. The Labute approximate surface area is 307 Å². The number of carbonyl (C=O) groups is 2. The lowest BCUT2D eigenvalue weighted by atomic mass is 9.51. The SMILES string of the molecule is Cc1ccc(COc2ccc(Cc3ccc(Oc4ccc5c(c4)OC(=O)C4C6C(=O)Oc7cc(Oc8ccc(C)cc8)ccc7C6C54)cc3)cc2)cc1. The van der Waals surface area contributed by atoms with Gasteiger partial charge in [0, 0.05) is 24.0 Å². The summed E-state index contributed by atoms with van der Waals surface area (Å²) in [5.74, 6) is 1.79. The van der Waals surface area contributed by atoms with Crippen LogP contribution in [0.3, 0.4) is 0 Å². The fraction of sp³-hybridized carbons (Fsp3) is 0.174. The average Bonchev–Trinajstić information content (AvgIpc) is 3.14.